The lowest BCUT2D eigenvalue weighted by atomic mass is 10.0. The molecule has 0 atom stereocenters. The molecule has 0 spiro atoms. The third kappa shape index (κ3) is 4.21. The first-order chi connectivity index (χ1) is 14.1. The van der Waals surface area contributed by atoms with Crippen LogP contribution in [0.3, 0.4) is 0 Å². The average Bonchev–Trinajstić information content (AvgIpc) is 3.16. The Labute approximate surface area is 168 Å². The number of nitrogens with one attached hydrogen (secondary N) is 2. The molecular formula is C23H20N2O4. The third-order valence-electron chi connectivity index (χ3n) is 4.56. The van der Waals surface area contributed by atoms with Gasteiger partial charge in [0.1, 0.15) is 5.75 Å². The summed E-state index contributed by atoms with van der Waals surface area (Å²) in [4.78, 5) is 24.6. The van der Waals surface area contributed by atoms with E-state index in [2.05, 4.69) is 17.6 Å². The minimum absolute atomic E-state index is 0.140. The van der Waals surface area contributed by atoms with Gasteiger partial charge in [-0.3, -0.25) is 9.59 Å². The van der Waals surface area contributed by atoms with Crippen molar-refractivity contribution < 1.29 is 19.1 Å². The average molecular weight is 388 g/mol. The lowest BCUT2D eigenvalue weighted by Gasteiger charge is -2.12. The number of ketones is 1. The van der Waals surface area contributed by atoms with Gasteiger partial charge >= 0.3 is 0 Å². The molecule has 2 aromatic rings. The summed E-state index contributed by atoms with van der Waals surface area (Å²) in [6.45, 7) is 1.93. The zero-order valence-corrected chi connectivity index (χ0v) is 15.9. The molecule has 146 valence electrons. The van der Waals surface area contributed by atoms with Crippen LogP contribution in [0.25, 0.3) is 0 Å². The molecule has 1 heterocycles. The van der Waals surface area contributed by atoms with Gasteiger partial charge in [-0.1, -0.05) is 31.2 Å². The molecule has 0 radical (unpaired) electrons. The van der Waals surface area contributed by atoms with Crippen molar-refractivity contribution in [3.63, 3.8) is 0 Å². The van der Waals surface area contributed by atoms with E-state index in [1.807, 2.05) is 48.5 Å². The fraction of sp³-hybridized carbons (Fsp3) is 0.130. The molecule has 0 aromatic heterocycles. The number of aryl methyl sites for hydroxylation is 1. The maximum Gasteiger partial charge on any atom is 0.262 e. The van der Waals surface area contributed by atoms with Crippen molar-refractivity contribution in [1.29, 1.82) is 0 Å². The van der Waals surface area contributed by atoms with E-state index in [1.165, 1.54) is 11.6 Å². The van der Waals surface area contributed by atoms with E-state index in [9.17, 15) is 9.59 Å². The molecule has 2 aliphatic rings. The van der Waals surface area contributed by atoms with E-state index in [4.69, 9.17) is 9.47 Å². The number of hydrogen-bond donors (Lipinski definition) is 2. The van der Waals surface area contributed by atoms with Crippen LogP contribution in [-0.2, 0) is 16.0 Å². The lowest BCUT2D eigenvalue weighted by Crippen LogP contribution is -2.29. The Bertz CT molecular complexity index is 1020. The van der Waals surface area contributed by atoms with Crippen LogP contribution in [0.15, 0.2) is 83.9 Å². The zero-order valence-electron chi connectivity index (χ0n) is 15.9. The highest BCUT2D eigenvalue weighted by Crippen LogP contribution is 2.34. The van der Waals surface area contributed by atoms with Gasteiger partial charge in [-0.25, -0.2) is 0 Å². The molecular weight excluding hydrogens is 368 g/mol. The molecule has 29 heavy (non-hydrogen) atoms. The number of benzene rings is 2. The monoisotopic (exact) mass is 388 g/mol. The van der Waals surface area contributed by atoms with Gasteiger partial charge in [-0.15, -0.1) is 0 Å². The molecule has 4 rings (SSSR count). The molecule has 0 saturated heterocycles. The Balaban J connectivity index is 1.34. The van der Waals surface area contributed by atoms with Crippen molar-refractivity contribution in [2.24, 2.45) is 0 Å². The second-order valence-electron chi connectivity index (χ2n) is 6.60. The molecule has 0 bridgehead atoms. The number of fused-ring (bicyclic) bond motifs is 1. The summed E-state index contributed by atoms with van der Waals surface area (Å²) in [6.07, 6.45) is 5.59. The third-order valence-corrected chi connectivity index (χ3v) is 4.56. The molecule has 0 saturated carbocycles. The Kier molecular flexibility index (Phi) is 5.16. The summed E-state index contributed by atoms with van der Waals surface area (Å²) < 4.78 is 11.2. The standard InChI is InChI=1S/C23H20N2O4/c1-2-15-7-10-17(11-8-15)28-14-22(27)24-16-9-12-18(20(26)13-16)23-25-19-5-3-4-6-21(19)29-23/h3-13,25H,2,14H2,1H3,(H,24,27)/b23-18-. The van der Waals surface area contributed by atoms with Gasteiger partial charge in [0.2, 0.25) is 5.88 Å². The van der Waals surface area contributed by atoms with Crippen LogP contribution in [0.2, 0.25) is 0 Å². The topological polar surface area (TPSA) is 76.7 Å². The summed E-state index contributed by atoms with van der Waals surface area (Å²) in [5, 5.41) is 5.76. The van der Waals surface area contributed by atoms with Gasteiger partial charge in [-0.2, -0.15) is 0 Å². The number of anilines is 1. The van der Waals surface area contributed by atoms with E-state index in [0.29, 0.717) is 28.7 Å². The van der Waals surface area contributed by atoms with Crippen LogP contribution >= 0.6 is 0 Å². The molecule has 2 N–H and O–H groups in total. The molecule has 6 nitrogen and oxygen atoms in total. The smallest absolute Gasteiger partial charge is 0.262 e. The highest BCUT2D eigenvalue weighted by molar-refractivity contribution is 6.09. The van der Waals surface area contributed by atoms with Crippen molar-refractivity contribution >= 4 is 17.4 Å². The summed E-state index contributed by atoms with van der Waals surface area (Å²) >= 11 is 0. The van der Waals surface area contributed by atoms with Gasteiger partial charge in [0, 0.05) is 11.8 Å². The van der Waals surface area contributed by atoms with E-state index in [0.717, 1.165) is 12.1 Å². The SMILES string of the molecule is CCc1ccc(OCC(=O)NC2=CC(=O)/C(=C3/Nc4ccccc4O3)C=C2)cc1. The minimum atomic E-state index is -0.341. The van der Waals surface area contributed by atoms with Crippen LogP contribution in [0.4, 0.5) is 5.69 Å². The van der Waals surface area contributed by atoms with Gasteiger partial charge in [0.15, 0.2) is 18.1 Å². The highest BCUT2D eigenvalue weighted by atomic mass is 16.5. The second kappa shape index (κ2) is 8.06. The number of para-hydroxylation sites is 2. The van der Waals surface area contributed by atoms with Gasteiger partial charge in [0.25, 0.3) is 5.91 Å². The van der Waals surface area contributed by atoms with Gasteiger partial charge in [0.05, 0.1) is 11.3 Å². The molecule has 0 unspecified atom stereocenters. The largest absolute Gasteiger partial charge is 0.484 e. The summed E-state index contributed by atoms with van der Waals surface area (Å²) in [7, 11) is 0. The van der Waals surface area contributed by atoms with Crippen molar-refractivity contribution in [3.05, 3.63) is 89.5 Å². The van der Waals surface area contributed by atoms with Crippen LogP contribution in [0.1, 0.15) is 12.5 Å². The number of ether oxygens (including phenoxy) is 2. The van der Waals surface area contributed by atoms with Crippen molar-refractivity contribution in [3.8, 4) is 11.5 Å². The van der Waals surface area contributed by atoms with Crippen LogP contribution in [0.5, 0.6) is 11.5 Å². The molecule has 2 aromatic carbocycles. The van der Waals surface area contributed by atoms with E-state index < -0.39 is 0 Å². The van der Waals surface area contributed by atoms with Gasteiger partial charge < -0.3 is 20.1 Å². The van der Waals surface area contributed by atoms with Crippen LogP contribution in [0, 0.1) is 0 Å². The maximum absolute atomic E-state index is 12.5. The predicted molar refractivity (Wildman–Crippen MR) is 109 cm³/mol. The maximum atomic E-state index is 12.5. The minimum Gasteiger partial charge on any atom is -0.484 e. The Hall–Kier alpha value is -3.80. The number of carbonyl (C=O) groups is 2. The lowest BCUT2D eigenvalue weighted by molar-refractivity contribution is -0.122. The molecule has 6 heteroatoms. The predicted octanol–water partition coefficient (Wildman–Crippen LogP) is 3.48. The summed E-state index contributed by atoms with van der Waals surface area (Å²) in [5.74, 6) is 1.08. The zero-order chi connectivity index (χ0) is 20.2. The number of carbonyl (C=O) groups excluding carboxylic acids is 2. The Morgan fingerprint density at radius 2 is 1.90 bits per heavy atom. The Morgan fingerprint density at radius 3 is 2.62 bits per heavy atom. The molecule has 0 fully saturated rings. The first-order valence-electron chi connectivity index (χ1n) is 9.36. The molecule has 1 aliphatic heterocycles. The van der Waals surface area contributed by atoms with Crippen molar-refractivity contribution in [2.75, 3.05) is 11.9 Å². The number of amides is 1. The second-order valence-corrected chi connectivity index (χ2v) is 6.60. The van der Waals surface area contributed by atoms with E-state index in [-0.39, 0.29) is 18.3 Å². The van der Waals surface area contributed by atoms with Gasteiger partial charge in [-0.05, 0) is 48.4 Å². The molecule has 1 aliphatic carbocycles. The van der Waals surface area contributed by atoms with Crippen molar-refractivity contribution in [1.82, 2.24) is 5.32 Å². The van der Waals surface area contributed by atoms with Crippen molar-refractivity contribution in [2.45, 2.75) is 13.3 Å². The van der Waals surface area contributed by atoms with Crippen LogP contribution < -0.4 is 20.1 Å². The summed E-state index contributed by atoms with van der Waals surface area (Å²) in [6, 6.07) is 15.0. The summed E-state index contributed by atoms with van der Waals surface area (Å²) in [5.41, 5.74) is 2.81. The normalized spacial score (nSPS) is 17.1. The van der Waals surface area contributed by atoms with E-state index >= 15 is 0 Å². The van der Waals surface area contributed by atoms with E-state index in [1.54, 1.807) is 12.2 Å². The molecule has 1 amide bonds. The first kappa shape index (κ1) is 18.6. The van der Waals surface area contributed by atoms with Crippen LogP contribution in [-0.4, -0.2) is 18.3 Å². The number of hydrogen-bond acceptors (Lipinski definition) is 5. The first-order valence-corrected chi connectivity index (χ1v) is 9.36. The fourth-order valence-electron chi connectivity index (χ4n) is 2.99. The quantitative estimate of drug-likeness (QED) is 0.767. The number of rotatable bonds is 5. The Morgan fingerprint density at radius 1 is 1.10 bits per heavy atom. The number of allylic oxidation sites excluding steroid dienone is 4. The highest BCUT2D eigenvalue weighted by Gasteiger charge is 2.23. The fourth-order valence-corrected chi connectivity index (χ4v) is 2.99.